The molecule has 0 amide bonds. The second kappa shape index (κ2) is 6.52. The van der Waals surface area contributed by atoms with Gasteiger partial charge in [-0.15, -0.1) is 0 Å². The summed E-state index contributed by atoms with van der Waals surface area (Å²) in [6, 6.07) is 3.78. The summed E-state index contributed by atoms with van der Waals surface area (Å²) in [5, 5.41) is 0. The summed E-state index contributed by atoms with van der Waals surface area (Å²) in [4.78, 5) is 0. The van der Waals surface area contributed by atoms with E-state index in [2.05, 4.69) is 4.72 Å². The third-order valence-electron chi connectivity index (χ3n) is 4.13. The number of halogens is 1. The van der Waals surface area contributed by atoms with Gasteiger partial charge < -0.3 is 9.47 Å². The Morgan fingerprint density at radius 2 is 1.95 bits per heavy atom. The largest absolute Gasteiger partial charge is 0.493 e. The van der Waals surface area contributed by atoms with E-state index >= 15 is 0 Å². The summed E-state index contributed by atoms with van der Waals surface area (Å²) in [6.45, 7) is 1.65. The van der Waals surface area contributed by atoms with Crippen molar-refractivity contribution >= 4 is 10.0 Å². The van der Waals surface area contributed by atoms with Crippen LogP contribution in [-0.4, -0.2) is 34.0 Å². The third kappa shape index (κ3) is 3.77. The van der Waals surface area contributed by atoms with E-state index in [-0.39, 0.29) is 11.7 Å². The molecule has 0 aromatic heterocycles. The van der Waals surface area contributed by atoms with Gasteiger partial charge in [-0.1, -0.05) is 0 Å². The van der Waals surface area contributed by atoms with E-state index in [1.54, 1.807) is 6.07 Å². The van der Waals surface area contributed by atoms with Gasteiger partial charge in [-0.3, -0.25) is 0 Å². The molecule has 0 aliphatic carbocycles. The normalized spacial score (nSPS) is 22.9. The molecule has 2 aliphatic rings. The van der Waals surface area contributed by atoms with Crippen molar-refractivity contribution in [2.75, 3.05) is 25.6 Å². The van der Waals surface area contributed by atoms with Gasteiger partial charge in [0.1, 0.15) is 11.6 Å². The van der Waals surface area contributed by atoms with E-state index in [9.17, 15) is 12.8 Å². The molecule has 5 nitrogen and oxygen atoms in total. The minimum absolute atomic E-state index is 0.0956. The monoisotopic (exact) mass is 329 g/mol. The van der Waals surface area contributed by atoms with E-state index in [4.69, 9.17) is 9.47 Å². The lowest BCUT2D eigenvalue weighted by atomic mass is 10.0. The fourth-order valence-corrected chi connectivity index (χ4v) is 4.70. The first-order valence-corrected chi connectivity index (χ1v) is 9.19. The van der Waals surface area contributed by atoms with Crippen LogP contribution in [0.3, 0.4) is 0 Å². The molecular weight excluding hydrogens is 309 g/mol. The maximum Gasteiger partial charge on any atom is 0.212 e. The standard InChI is InChI=1S/C15H20FNO4S/c16-12-1-2-15-13(9-12)14(5-8-21-15)17-22(18,19)10-11-3-6-20-7-4-11/h1-2,9,11,14,17H,3-8,10H2. The fourth-order valence-electron chi connectivity index (χ4n) is 2.98. The van der Waals surface area contributed by atoms with Gasteiger partial charge in [0, 0.05) is 25.2 Å². The van der Waals surface area contributed by atoms with Crippen molar-refractivity contribution < 1.29 is 22.3 Å². The lowest BCUT2D eigenvalue weighted by molar-refractivity contribution is 0.0722. The van der Waals surface area contributed by atoms with Crippen LogP contribution in [0, 0.1) is 11.7 Å². The minimum Gasteiger partial charge on any atom is -0.493 e. The average molecular weight is 329 g/mol. The summed E-state index contributed by atoms with van der Waals surface area (Å²) in [6.07, 6.45) is 2.03. The first-order chi connectivity index (χ1) is 10.5. The number of hydrogen-bond donors (Lipinski definition) is 1. The molecule has 7 heteroatoms. The van der Waals surface area contributed by atoms with Crippen molar-refractivity contribution in [3.05, 3.63) is 29.6 Å². The maximum absolute atomic E-state index is 13.4. The van der Waals surface area contributed by atoms with Crippen molar-refractivity contribution in [3.63, 3.8) is 0 Å². The highest BCUT2D eigenvalue weighted by molar-refractivity contribution is 7.89. The molecule has 1 fully saturated rings. The topological polar surface area (TPSA) is 64.6 Å². The number of sulfonamides is 1. The van der Waals surface area contributed by atoms with E-state index in [0.29, 0.717) is 37.6 Å². The maximum atomic E-state index is 13.4. The van der Waals surface area contributed by atoms with Crippen LogP contribution in [0.1, 0.15) is 30.9 Å². The quantitative estimate of drug-likeness (QED) is 0.917. The van der Waals surface area contributed by atoms with Crippen molar-refractivity contribution in [1.29, 1.82) is 0 Å². The molecule has 22 heavy (non-hydrogen) atoms. The lowest BCUT2D eigenvalue weighted by Gasteiger charge is -2.28. The van der Waals surface area contributed by atoms with E-state index in [1.165, 1.54) is 12.1 Å². The second-order valence-electron chi connectivity index (χ2n) is 5.83. The van der Waals surface area contributed by atoms with Crippen molar-refractivity contribution in [2.45, 2.75) is 25.3 Å². The number of benzene rings is 1. The Balaban J connectivity index is 1.71. The van der Waals surface area contributed by atoms with Crippen LogP contribution in [0.4, 0.5) is 4.39 Å². The highest BCUT2D eigenvalue weighted by atomic mass is 32.2. The van der Waals surface area contributed by atoms with Gasteiger partial charge in [0.05, 0.1) is 18.4 Å². The lowest BCUT2D eigenvalue weighted by Crippen LogP contribution is -2.36. The molecule has 0 saturated carbocycles. The first kappa shape index (κ1) is 15.7. The Morgan fingerprint density at radius 1 is 1.18 bits per heavy atom. The molecule has 0 bridgehead atoms. The molecule has 1 aromatic carbocycles. The summed E-state index contributed by atoms with van der Waals surface area (Å²) < 4.78 is 51.6. The SMILES string of the molecule is O=S(=O)(CC1CCOCC1)NC1CCOc2ccc(F)cc21. The molecule has 1 aromatic rings. The molecule has 0 spiro atoms. The molecule has 3 rings (SSSR count). The molecule has 1 unspecified atom stereocenters. The van der Waals surface area contributed by atoms with Crippen LogP contribution in [0.15, 0.2) is 18.2 Å². The zero-order valence-corrected chi connectivity index (χ0v) is 13.1. The Kier molecular flexibility index (Phi) is 4.65. The Bertz CT molecular complexity index is 628. The first-order valence-electron chi connectivity index (χ1n) is 7.53. The Morgan fingerprint density at radius 3 is 2.73 bits per heavy atom. The van der Waals surface area contributed by atoms with E-state index in [0.717, 1.165) is 12.8 Å². The number of hydrogen-bond acceptors (Lipinski definition) is 4. The zero-order valence-electron chi connectivity index (χ0n) is 12.3. The molecular formula is C15H20FNO4S. The number of fused-ring (bicyclic) bond motifs is 1. The van der Waals surface area contributed by atoms with Gasteiger partial charge in [-0.05, 0) is 37.0 Å². The molecule has 2 heterocycles. The second-order valence-corrected chi connectivity index (χ2v) is 7.63. The summed E-state index contributed by atoms with van der Waals surface area (Å²) in [5.41, 5.74) is 0.571. The van der Waals surface area contributed by atoms with Crippen LogP contribution >= 0.6 is 0 Å². The molecule has 2 aliphatic heterocycles. The van der Waals surface area contributed by atoms with Crippen LogP contribution in [0.5, 0.6) is 5.75 Å². The summed E-state index contributed by atoms with van der Waals surface area (Å²) in [5.74, 6) is 0.376. The summed E-state index contributed by atoms with van der Waals surface area (Å²) in [7, 11) is -3.42. The molecule has 1 N–H and O–H groups in total. The average Bonchev–Trinajstić information content (AvgIpc) is 2.48. The molecule has 1 saturated heterocycles. The third-order valence-corrected chi connectivity index (χ3v) is 5.68. The zero-order chi connectivity index (χ0) is 15.6. The van der Waals surface area contributed by atoms with Crippen molar-refractivity contribution in [3.8, 4) is 5.75 Å². The van der Waals surface area contributed by atoms with Gasteiger partial charge in [-0.2, -0.15) is 0 Å². The van der Waals surface area contributed by atoms with Gasteiger partial charge in [-0.25, -0.2) is 17.5 Å². The van der Waals surface area contributed by atoms with Gasteiger partial charge >= 0.3 is 0 Å². The highest BCUT2D eigenvalue weighted by Gasteiger charge is 2.28. The minimum atomic E-state index is -3.42. The number of ether oxygens (including phenoxy) is 2. The van der Waals surface area contributed by atoms with E-state index < -0.39 is 21.9 Å². The fraction of sp³-hybridized carbons (Fsp3) is 0.600. The van der Waals surface area contributed by atoms with Crippen LogP contribution in [0.25, 0.3) is 0 Å². The molecule has 1 atom stereocenters. The van der Waals surface area contributed by atoms with Crippen molar-refractivity contribution in [2.24, 2.45) is 5.92 Å². The van der Waals surface area contributed by atoms with E-state index in [1.807, 2.05) is 0 Å². The summed E-state index contributed by atoms with van der Waals surface area (Å²) >= 11 is 0. The number of nitrogens with one attached hydrogen (secondary N) is 1. The number of rotatable bonds is 4. The molecule has 0 radical (unpaired) electrons. The van der Waals surface area contributed by atoms with Crippen LogP contribution in [0.2, 0.25) is 0 Å². The van der Waals surface area contributed by atoms with Gasteiger partial charge in [0.15, 0.2) is 0 Å². The van der Waals surface area contributed by atoms with Gasteiger partial charge in [0.2, 0.25) is 10.0 Å². The highest BCUT2D eigenvalue weighted by Crippen LogP contribution is 2.33. The smallest absolute Gasteiger partial charge is 0.212 e. The Labute approximate surface area is 129 Å². The Hall–Kier alpha value is -1.18. The molecule has 122 valence electrons. The van der Waals surface area contributed by atoms with Crippen LogP contribution in [-0.2, 0) is 14.8 Å². The predicted molar refractivity (Wildman–Crippen MR) is 79.7 cm³/mol. The van der Waals surface area contributed by atoms with Crippen LogP contribution < -0.4 is 9.46 Å². The van der Waals surface area contributed by atoms with Crippen molar-refractivity contribution in [1.82, 2.24) is 4.72 Å². The predicted octanol–water partition coefficient (Wildman–Crippen LogP) is 2.00. The van der Waals surface area contributed by atoms with Gasteiger partial charge in [0.25, 0.3) is 0 Å².